The molecule has 2 aliphatic rings. The summed E-state index contributed by atoms with van der Waals surface area (Å²) in [7, 11) is 0. The predicted molar refractivity (Wildman–Crippen MR) is 102 cm³/mol. The number of β-amino-alcohol motifs (C(OH)–C–C–N with tert-alkyl or cyclic N) is 1. The van der Waals surface area contributed by atoms with Gasteiger partial charge in [-0.1, -0.05) is 30.0 Å². The van der Waals surface area contributed by atoms with Crippen LogP contribution in [0.4, 0.5) is 5.69 Å². The second-order valence-corrected chi connectivity index (χ2v) is 6.81. The van der Waals surface area contributed by atoms with E-state index in [0.717, 1.165) is 23.6 Å². The maximum atomic E-state index is 11.1. The van der Waals surface area contributed by atoms with Crippen LogP contribution in [0.15, 0.2) is 41.0 Å². The second kappa shape index (κ2) is 9.13. The van der Waals surface area contributed by atoms with E-state index in [4.69, 9.17) is 0 Å². The van der Waals surface area contributed by atoms with Crippen molar-refractivity contribution in [1.82, 2.24) is 10.3 Å². The van der Waals surface area contributed by atoms with Crippen molar-refractivity contribution in [2.24, 2.45) is 5.10 Å². The third-order valence-electron chi connectivity index (χ3n) is 4.09. The fraction of sp³-hybridized carbons (Fsp3) is 0.375. The van der Waals surface area contributed by atoms with Crippen LogP contribution in [0.2, 0.25) is 0 Å². The number of nitro groups is 1. The van der Waals surface area contributed by atoms with Gasteiger partial charge in [0.25, 0.3) is 11.6 Å². The predicted octanol–water partition coefficient (Wildman–Crippen LogP) is 1.86. The number of aliphatic hydroxyl groups is 1. The summed E-state index contributed by atoms with van der Waals surface area (Å²) in [6.07, 6.45) is 2.05. The smallest absolute Gasteiger partial charge is 0.269 e. The third kappa shape index (κ3) is 5.04. The molecule has 2 N–H and O–H groups in total. The number of halogens is 1. The summed E-state index contributed by atoms with van der Waals surface area (Å²) >= 11 is 1.43. The molecule has 1 aromatic rings. The zero-order chi connectivity index (χ0) is 17.8. The van der Waals surface area contributed by atoms with Gasteiger partial charge in [0.15, 0.2) is 0 Å². The molecule has 140 valence electrons. The first-order valence-electron chi connectivity index (χ1n) is 7.86. The molecule has 0 bridgehead atoms. The van der Waals surface area contributed by atoms with Gasteiger partial charge in [0.05, 0.1) is 16.8 Å². The Bertz CT molecular complexity index is 756. The standard InChI is InChI=1S/C16H18N4O4S.ClH/c21-14(12-2-1-3-13(8-12)20(23)24)9-19-6-4-11(5-7-19)16-18-17-15(22)10-25-16;/h1-4,8,14,21H,5-7,9-10H2,(H,17,22);1H. The Morgan fingerprint density at radius 3 is 2.88 bits per heavy atom. The number of hydrogen-bond donors (Lipinski definition) is 2. The van der Waals surface area contributed by atoms with Crippen molar-refractivity contribution >= 4 is 40.8 Å². The molecule has 26 heavy (non-hydrogen) atoms. The number of non-ortho nitro benzene ring substituents is 1. The zero-order valence-corrected chi connectivity index (χ0v) is 15.5. The number of nitrogens with one attached hydrogen (secondary N) is 1. The lowest BCUT2D eigenvalue weighted by molar-refractivity contribution is -0.385. The van der Waals surface area contributed by atoms with Crippen LogP contribution in [0.25, 0.3) is 0 Å². The Labute approximate surface area is 160 Å². The number of aliphatic hydroxyl groups excluding tert-OH is 1. The van der Waals surface area contributed by atoms with Crippen molar-refractivity contribution in [1.29, 1.82) is 0 Å². The van der Waals surface area contributed by atoms with E-state index in [1.807, 2.05) is 6.08 Å². The lowest BCUT2D eigenvalue weighted by Crippen LogP contribution is -2.34. The van der Waals surface area contributed by atoms with Crippen molar-refractivity contribution in [2.75, 3.05) is 25.4 Å². The van der Waals surface area contributed by atoms with Gasteiger partial charge in [-0.3, -0.25) is 19.8 Å². The van der Waals surface area contributed by atoms with Crippen LogP contribution in [-0.2, 0) is 4.79 Å². The van der Waals surface area contributed by atoms with E-state index in [1.165, 1.54) is 23.9 Å². The molecule has 0 saturated heterocycles. The average Bonchev–Trinajstić information content (AvgIpc) is 2.63. The van der Waals surface area contributed by atoms with Crippen molar-refractivity contribution in [3.63, 3.8) is 0 Å². The molecule has 0 spiro atoms. The van der Waals surface area contributed by atoms with Crippen LogP contribution in [0.5, 0.6) is 0 Å². The normalized spacial score (nSPS) is 18.9. The number of carbonyl (C=O) groups is 1. The number of amides is 1. The molecular formula is C16H19ClN4O4S. The second-order valence-electron chi connectivity index (χ2n) is 5.85. The van der Waals surface area contributed by atoms with Crippen LogP contribution < -0.4 is 5.43 Å². The molecule has 3 rings (SSSR count). The van der Waals surface area contributed by atoms with Gasteiger partial charge < -0.3 is 5.11 Å². The van der Waals surface area contributed by atoms with Gasteiger partial charge >= 0.3 is 0 Å². The summed E-state index contributed by atoms with van der Waals surface area (Å²) in [4.78, 5) is 23.6. The van der Waals surface area contributed by atoms with E-state index in [2.05, 4.69) is 15.4 Å². The van der Waals surface area contributed by atoms with Gasteiger partial charge in [0.2, 0.25) is 0 Å². The molecule has 1 atom stereocenters. The minimum absolute atomic E-state index is 0. The first-order chi connectivity index (χ1) is 12.0. The maximum absolute atomic E-state index is 11.1. The van der Waals surface area contributed by atoms with E-state index in [0.29, 0.717) is 24.4 Å². The Kier molecular flexibility index (Phi) is 7.15. The van der Waals surface area contributed by atoms with Crippen molar-refractivity contribution in [3.8, 4) is 0 Å². The van der Waals surface area contributed by atoms with E-state index < -0.39 is 11.0 Å². The minimum atomic E-state index is -0.782. The number of benzene rings is 1. The fourth-order valence-corrected chi connectivity index (χ4v) is 3.56. The van der Waals surface area contributed by atoms with Crippen LogP contribution in [0, 0.1) is 10.1 Å². The number of nitrogens with zero attached hydrogens (tertiary/aromatic N) is 3. The number of thioether (sulfide) groups is 1. The molecule has 1 aromatic carbocycles. The van der Waals surface area contributed by atoms with Crippen LogP contribution in [0.3, 0.4) is 0 Å². The first kappa shape index (κ1) is 20.4. The summed E-state index contributed by atoms with van der Waals surface area (Å²) in [6.45, 7) is 1.82. The Balaban J connectivity index is 0.00000243. The number of carbonyl (C=O) groups excluding carboxylic acids is 1. The number of hydrazone groups is 1. The zero-order valence-electron chi connectivity index (χ0n) is 13.8. The van der Waals surface area contributed by atoms with Gasteiger partial charge in [0, 0.05) is 31.8 Å². The molecule has 0 saturated carbocycles. The highest BCUT2D eigenvalue weighted by atomic mass is 35.5. The Hall–Kier alpha value is -1.94. The highest BCUT2D eigenvalue weighted by molar-refractivity contribution is 8.15. The molecule has 0 radical (unpaired) electrons. The molecule has 2 heterocycles. The molecule has 1 amide bonds. The number of nitro benzene ring substituents is 1. The summed E-state index contributed by atoms with van der Waals surface area (Å²) in [5.41, 5.74) is 4.11. The van der Waals surface area contributed by atoms with Crippen molar-refractivity contribution < 1.29 is 14.8 Å². The summed E-state index contributed by atoms with van der Waals surface area (Å²) in [5, 5.41) is 26.1. The quantitative estimate of drug-likeness (QED) is 0.579. The molecule has 0 aliphatic carbocycles. The molecule has 8 nitrogen and oxygen atoms in total. The molecule has 10 heteroatoms. The van der Waals surface area contributed by atoms with Crippen LogP contribution >= 0.6 is 24.2 Å². The SMILES string of the molecule is Cl.O=C1CSC(C2=CCN(CC(O)c3cccc([N+](=O)[O-])c3)CC2)=NN1. The molecule has 0 fully saturated rings. The highest BCUT2D eigenvalue weighted by Gasteiger charge is 2.22. The van der Waals surface area contributed by atoms with Crippen molar-refractivity contribution in [2.45, 2.75) is 12.5 Å². The van der Waals surface area contributed by atoms with E-state index >= 15 is 0 Å². The first-order valence-corrected chi connectivity index (χ1v) is 8.85. The monoisotopic (exact) mass is 398 g/mol. The summed E-state index contributed by atoms with van der Waals surface area (Å²) in [5.74, 6) is 0.289. The molecule has 1 unspecified atom stereocenters. The Morgan fingerprint density at radius 2 is 2.27 bits per heavy atom. The Morgan fingerprint density at radius 1 is 1.46 bits per heavy atom. The molecule has 0 aromatic heterocycles. The highest BCUT2D eigenvalue weighted by Crippen LogP contribution is 2.24. The fourth-order valence-electron chi connectivity index (χ4n) is 2.74. The largest absolute Gasteiger partial charge is 0.387 e. The maximum Gasteiger partial charge on any atom is 0.269 e. The van der Waals surface area contributed by atoms with E-state index in [1.54, 1.807) is 12.1 Å². The topological polar surface area (TPSA) is 108 Å². The van der Waals surface area contributed by atoms with E-state index in [9.17, 15) is 20.0 Å². The molecular weight excluding hydrogens is 380 g/mol. The lowest BCUT2D eigenvalue weighted by atomic mass is 10.1. The number of hydrogen-bond acceptors (Lipinski definition) is 7. The van der Waals surface area contributed by atoms with Gasteiger partial charge in [-0.25, -0.2) is 5.43 Å². The van der Waals surface area contributed by atoms with Crippen molar-refractivity contribution in [3.05, 3.63) is 51.6 Å². The van der Waals surface area contributed by atoms with Crippen LogP contribution in [0.1, 0.15) is 18.1 Å². The molecule has 2 aliphatic heterocycles. The summed E-state index contributed by atoms with van der Waals surface area (Å²) in [6, 6.07) is 6.09. The van der Waals surface area contributed by atoms with Gasteiger partial charge in [-0.15, -0.1) is 12.4 Å². The minimum Gasteiger partial charge on any atom is -0.387 e. The van der Waals surface area contributed by atoms with Gasteiger partial charge in [-0.05, 0) is 17.6 Å². The summed E-state index contributed by atoms with van der Waals surface area (Å²) < 4.78 is 0. The average molecular weight is 399 g/mol. The van der Waals surface area contributed by atoms with E-state index in [-0.39, 0.29) is 24.0 Å². The van der Waals surface area contributed by atoms with Gasteiger partial charge in [0.1, 0.15) is 5.04 Å². The number of rotatable bonds is 5. The lowest BCUT2D eigenvalue weighted by Gasteiger charge is -2.29. The van der Waals surface area contributed by atoms with Crippen LogP contribution in [-0.4, -0.2) is 51.3 Å². The third-order valence-corrected chi connectivity index (χ3v) is 5.12. The van der Waals surface area contributed by atoms with Gasteiger partial charge in [-0.2, -0.15) is 5.10 Å².